The van der Waals surface area contributed by atoms with Crippen molar-refractivity contribution in [1.29, 1.82) is 0 Å². The number of hydrogen-bond donors (Lipinski definition) is 1. The number of rotatable bonds is 1. The van der Waals surface area contributed by atoms with Crippen LogP contribution in [0.1, 0.15) is 39.5 Å². The molecule has 1 saturated heterocycles. The first-order chi connectivity index (χ1) is 8.90. The third-order valence-electron chi connectivity index (χ3n) is 2.03. The summed E-state index contributed by atoms with van der Waals surface area (Å²) in [4.78, 5) is 24.6. The zero-order valence-electron chi connectivity index (χ0n) is 13.6. The number of aliphatic hydroxyl groups is 1. The molecule has 0 aliphatic carbocycles. The van der Waals surface area contributed by atoms with Crippen molar-refractivity contribution in [3.8, 4) is 0 Å². The third-order valence-corrected chi connectivity index (χ3v) is 2.03. The van der Waals surface area contributed by atoms with Gasteiger partial charge in [-0.15, -0.1) is 0 Å². The number of carbonyl (C=O) groups excluding carboxylic acids is 2. The molecule has 1 N–H and O–H groups in total. The van der Waals surface area contributed by atoms with E-state index >= 15 is 0 Å². The van der Waals surface area contributed by atoms with Crippen molar-refractivity contribution in [3.05, 3.63) is 0 Å². The molecule has 3 atom stereocenters. The molecule has 1 fully saturated rings. The predicted molar refractivity (Wildman–Crippen MR) is 57.7 cm³/mol. The summed E-state index contributed by atoms with van der Waals surface area (Å²) in [6, 6.07) is -1.21. The van der Waals surface area contributed by atoms with E-state index in [1.807, 2.05) is 0 Å². The summed E-state index contributed by atoms with van der Waals surface area (Å²) in [5, 5.41) is 9.25. The molecule has 92 valence electrons. The number of likely N-dealkylation sites (tertiary alicyclic amines) is 1. The molecule has 1 heterocycles. The average Bonchev–Trinajstić information content (AvgIpc) is 2.45. The second-order valence-corrected chi connectivity index (χ2v) is 4.61. The fraction of sp³-hybridized carbons (Fsp3) is 0.818. The number of ether oxygens (including phenoxy) is 1. The average molecular weight is 233 g/mol. The molecule has 1 aliphatic rings. The highest BCUT2D eigenvalue weighted by molar-refractivity contribution is 5.95. The highest BCUT2D eigenvalue weighted by Gasteiger charge is 2.42. The third kappa shape index (κ3) is 2.72. The minimum atomic E-state index is -2.70. The number of aliphatic hydroxyl groups excluding tert-OH is 1. The molecule has 0 aromatic heterocycles. The van der Waals surface area contributed by atoms with Gasteiger partial charge in [0.15, 0.2) is 0 Å². The van der Waals surface area contributed by atoms with Gasteiger partial charge in [-0.1, -0.05) is 6.85 Å². The van der Waals surface area contributed by atoms with Crippen LogP contribution >= 0.6 is 0 Å². The summed E-state index contributed by atoms with van der Waals surface area (Å²) in [7, 11) is 0. The molecule has 5 nitrogen and oxygen atoms in total. The molecule has 0 spiro atoms. The minimum Gasteiger partial charge on any atom is -0.443 e. The zero-order chi connectivity index (χ0) is 15.9. The van der Waals surface area contributed by atoms with Gasteiger partial charge in [-0.3, -0.25) is 4.79 Å². The molecule has 0 saturated carbocycles. The Bertz CT molecular complexity index is 404. The summed E-state index contributed by atoms with van der Waals surface area (Å²) in [5.74, 6) is -2.63. The lowest BCUT2D eigenvalue weighted by atomic mass is 10.1. The largest absolute Gasteiger partial charge is 0.443 e. The van der Waals surface area contributed by atoms with Gasteiger partial charge in [-0.2, -0.15) is 0 Å². The molecule has 0 aromatic rings. The Labute approximate surface area is 101 Å². The molecular formula is C11H19NO4. The van der Waals surface area contributed by atoms with Gasteiger partial charge in [0.1, 0.15) is 5.60 Å². The first-order valence-corrected chi connectivity index (χ1v) is 4.99. The summed E-state index contributed by atoms with van der Waals surface area (Å²) in [6.07, 6.45) is -2.45. The molecule has 0 aromatic carbocycles. The topological polar surface area (TPSA) is 66.8 Å². The normalized spacial score (nSPS) is 35.1. The Morgan fingerprint density at radius 2 is 2.38 bits per heavy atom. The van der Waals surface area contributed by atoms with Crippen LogP contribution in [0.4, 0.5) is 4.79 Å². The highest BCUT2D eigenvalue weighted by Crippen LogP contribution is 2.26. The first-order valence-electron chi connectivity index (χ1n) is 7.07. The maximum Gasteiger partial charge on any atom is 0.417 e. The van der Waals surface area contributed by atoms with Crippen LogP contribution in [0.5, 0.6) is 0 Å². The van der Waals surface area contributed by atoms with E-state index in [-0.39, 0.29) is 0 Å². The number of amides is 2. The zero-order valence-corrected chi connectivity index (χ0v) is 9.56. The van der Waals surface area contributed by atoms with Gasteiger partial charge in [-0.05, 0) is 27.2 Å². The van der Waals surface area contributed by atoms with E-state index in [0.29, 0.717) is 4.90 Å². The van der Waals surface area contributed by atoms with Crippen molar-refractivity contribution in [2.24, 2.45) is 5.92 Å². The first kappa shape index (κ1) is 8.06. The van der Waals surface area contributed by atoms with E-state index in [4.69, 9.17) is 10.2 Å². The maximum atomic E-state index is 12.1. The Balaban J connectivity index is 3.07. The lowest BCUT2D eigenvalue weighted by molar-refractivity contribution is -0.131. The van der Waals surface area contributed by atoms with Crippen LogP contribution in [-0.4, -0.2) is 40.3 Å². The van der Waals surface area contributed by atoms with Crippen LogP contribution in [0.25, 0.3) is 0 Å². The van der Waals surface area contributed by atoms with Gasteiger partial charge >= 0.3 is 6.09 Å². The van der Waals surface area contributed by atoms with Gasteiger partial charge in [0.25, 0.3) is 0 Å². The molecule has 0 unspecified atom stereocenters. The van der Waals surface area contributed by atoms with Crippen molar-refractivity contribution >= 4 is 12.0 Å². The quantitative estimate of drug-likeness (QED) is 0.737. The maximum absolute atomic E-state index is 12.1. The summed E-state index contributed by atoms with van der Waals surface area (Å²) in [6.45, 7) is 1.41. The van der Waals surface area contributed by atoms with Gasteiger partial charge in [-0.25, -0.2) is 9.69 Å². The lowest BCUT2D eigenvalue weighted by Gasteiger charge is -2.26. The SMILES string of the molecule is [2H][C@@H]1[C@@H](CO)N(C(=O)OC(C)(C)C)C(=O)[C@H]1[12C]([2H])([2H])[2H]. The predicted octanol–water partition coefficient (Wildman–Crippen LogP) is 1.15. The van der Waals surface area contributed by atoms with Crippen molar-refractivity contribution in [2.45, 2.75) is 45.7 Å². The molecule has 1 rings (SSSR count). The Hall–Kier alpha value is -1.10. The summed E-state index contributed by atoms with van der Waals surface area (Å²) in [5.41, 5.74) is -0.868. The van der Waals surface area contributed by atoms with Crippen molar-refractivity contribution < 1.29 is 24.9 Å². The Morgan fingerprint density at radius 1 is 1.75 bits per heavy atom. The number of nitrogens with zero attached hydrogens (tertiary/aromatic N) is 1. The van der Waals surface area contributed by atoms with Crippen molar-refractivity contribution in [1.82, 2.24) is 4.90 Å². The van der Waals surface area contributed by atoms with Crippen LogP contribution in [0, 0.1) is 5.92 Å². The van der Waals surface area contributed by atoms with Crippen LogP contribution in [0.15, 0.2) is 0 Å². The van der Waals surface area contributed by atoms with E-state index in [9.17, 15) is 14.7 Å². The second-order valence-electron chi connectivity index (χ2n) is 4.61. The van der Waals surface area contributed by atoms with E-state index in [1.54, 1.807) is 20.8 Å². The van der Waals surface area contributed by atoms with Gasteiger partial charge < -0.3 is 9.84 Å². The minimum absolute atomic E-state index is 0.556. The molecule has 0 bridgehead atoms. The molecule has 1 aliphatic heterocycles. The van der Waals surface area contributed by atoms with E-state index in [1.165, 1.54) is 0 Å². The van der Waals surface area contributed by atoms with Crippen LogP contribution in [0.2, 0.25) is 0 Å². The molecule has 0 radical (unpaired) electrons. The van der Waals surface area contributed by atoms with Gasteiger partial charge in [0, 0.05) is 11.4 Å². The molecular weight excluding hydrogens is 210 g/mol. The molecule has 16 heavy (non-hydrogen) atoms. The highest BCUT2D eigenvalue weighted by atomic mass is 16.6. The van der Waals surface area contributed by atoms with E-state index < -0.39 is 49.4 Å². The Morgan fingerprint density at radius 3 is 2.81 bits per heavy atom. The number of imide groups is 1. The van der Waals surface area contributed by atoms with Crippen molar-refractivity contribution in [3.63, 3.8) is 0 Å². The second kappa shape index (κ2) is 4.41. The fourth-order valence-corrected chi connectivity index (χ4v) is 1.38. The number of carbonyl (C=O) groups is 2. The van der Waals surface area contributed by atoms with Crippen LogP contribution in [0.3, 0.4) is 0 Å². The van der Waals surface area contributed by atoms with Gasteiger partial charge in [0.2, 0.25) is 5.91 Å². The van der Waals surface area contributed by atoms with Gasteiger partial charge in [0.05, 0.1) is 12.6 Å². The van der Waals surface area contributed by atoms with Crippen LogP contribution < -0.4 is 0 Å². The number of hydrogen-bond acceptors (Lipinski definition) is 4. The molecule has 5 heteroatoms. The lowest BCUT2D eigenvalue weighted by Crippen LogP contribution is -2.44. The fourth-order valence-electron chi connectivity index (χ4n) is 1.38. The standard InChI is InChI=1S/C11H19NO4/c1-7-5-8(6-13)12(9(7)14)10(15)16-11(2,3)4/h7-8,13H,5-6H2,1-4H3/t7-,8-/m0/s1/i1+0D3,5D/t5-,7-,8-. The van der Waals surface area contributed by atoms with E-state index in [2.05, 4.69) is 0 Å². The smallest absolute Gasteiger partial charge is 0.417 e. The van der Waals surface area contributed by atoms with Crippen molar-refractivity contribution in [2.75, 3.05) is 6.61 Å². The Kier molecular flexibility index (Phi) is 2.22. The summed E-state index contributed by atoms with van der Waals surface area (Å²) < 4.78 is 34.7. The van der Waals surface area contributed by atoms with E-state index in [0.717, 1.165) is 0 Å². The molecule has 2 amide bonds. The monoisotopic (exact) mass is 233 g/mol. The summed E-state index contributed by atoms with van der Waals surface area (Å²) >= 11 is 0. The van der Waals surface area contributed by atoms with Crippen LogP contribution in [-0.2, 0) is 9.53 Å².